The summed E-state index contributed by atoms with van der Waals surface area (Å²) in [5.74, 6) is -0.503. The van der Waals surface area contributed by atoms with E-state index in [4.69, 9.17) is 9.26 Å². The normalized spacial score (nSPS) is 22.2. The van der Waals surface area contributed by atoms with Crippen molar-refractivity contribution in [3.8, 4) is 17.0 Å². The highest BCUT2D eigenvalue weighted by Crippen LogP contribution is 2.46. The number of para-hydroxylation sites is 1. The first-order valence-corrected chi connectivity index (χ1v) is 14.1. The molecular weight excluding hydrogens is 553 g/mol. The largest absolute Gasteiger partial charge is 0.573 e. The van der Waals surface area contributed by atoms with Gasteiger partial charge in [-0.1, -0.05) is 17.3 Å². The minimum Gasteiger partial charge on any atom is -0.476 e. The summed E-state index contributed by atoms with van der Waals surface area (Å²) in [6, 6.07) is 12.3. The number of halogens is 3. The van der Waals surface area contributed by atoms with Crippen molar-refractivity contribution in [2.45, 2.75) is 75.6 Å². The zero-order chi connectivity index (χ0) is 29.2. The fraction of sp³-hybridized carbons (Fsp3) is 0.433. The molecule has 2 saturated heterocycles. The van der Waals surface area contributed by atoms with Crippen molar-refractivity contribution in [2.75, 3.05) is 4.90 Å². The summed E-state index contributed by atoms with van der Waals surface area (Å²) in [5.41, 5.74) is 3.07. The van der Waals surface area contributed by atoms with Gasteiger partial charge in [-0.05, 0) is 68.9 Å². The van der Waals surface area contributed by atoms with Crippen LogP contribution in [0.25, 0.3) is 22.2 Å². The van der Waals surface area contributed by atoms with Crippen molar-refractivity contribution in [1.29, 1.82) is 0 Å². The lowest BCUT2D eigenvalue weighted by Gasteiger charge is -2.40. The van der Waals surface area contributed by atoms with Crippen molar-refractivity contribution in [3.05, 3.63) is 59.5 Å². The zero-order valence-electron chi connectivity index (χ0n) is 22.8. The number of aryl methyl sites for hydroxylation is 1. The molecule has 0 spiro atoms. The van der Waals surface area contributed by atoms with E-state index in [1.54, 1.807) is 23.9 Å². The smallest absolute Gasteiger partial charge is 0.476 e. The van der Waals surface area contributed by atoms with Gasteiger partial charge in [0.15, 0.2) is 5.69 Å². The number of hydrogen-bond acceptors (Lipinski definition) is 7. The molecule has 220 valence electrons. The molecule has 4 heterocycles. The molecule has 12 heteroatoms. The number of rotatable bonds is 8. The van der Waals surface area contributed by atoms with Gasteiger partial charge in [0.1, 0.15) is 17.2 Å². The van der Waals surface area contributed by atoms with Crippen LogP contribution in [0.2, 0.25) is 0 Å². The Balaban J connectivity index is 1.10. The molecule has 3 atom stereocenters. The minimum absolute atomic E-state index is 0.0331. The number of piperidine rings is 1. The van der Waals surface area contributed by atoms with E-state index < -0.39 is 12.3 Å². The van der Waals surface area contributed by atoms with Gasteiger partial charge in [-0.2, -0.15) is 5.10 Å². The Kier molecular flexibility index (Phi) is 6.41. The topological polar surface area (TPSA) is 103 Å². The van der Waals surface area contributed by atoms with Gasteiger partial charge in [-0.15, -0.1) is 13.2 Å². The second kappa shape index (κ2) is 10.0. The minimum atomic E-state index is -4.83. The van der Waals surface area contributed by atoms with Crippen LogP contribution in [0.4, 0.5) is 18.9 Å². The molecule has 2 aromatic heterocycles. The second-order valence-corrected chi connectivity index (χ2v) is 11.4. The maximum absolute atomic E-state index is 13.1. The van der Waals surface area contributed by atoms with Gasteiger partial charge in [0, 0.05) is 47.2 Å². The Morgan fingerprint density at radius 1 is 1.10 bits per heavy atom. The number of alkyl halides is 3. The van der Waals surface area contributed by atoms with E-state index in [-0.39, 0.29) is 47.7 Å². The van der Waals surface area contributed by atoms with E-state index in [1.165, 1.54) is 12.1 Å². The van der Waals surface area contributed by atoms with Crippen molar-refractivity contribution in [3.63, 3.8) is 0 Å². The second-order valence-electron chi connectivity index (χ2n) is 11.4. The van der Waals surface area contributed by atoms with Crippen LogP contribution in [0.1, 0.15) is 66.3 Å². The standard InChI is InChI=1S/C30H29F3N4O5/c1-36-24-14-19(10-11-21(24)27(34-36)29(38)39)37-17-8-9-18(37)13-20(12-17)40-15-23-26(35-42-28(23)16-6-7-16)22-4-2-3-5-25(22)41-30(31,32)33/h2-5,10-11,14,16-18,20H,6-9,12-13,15H2,1H3,(H,38,39)/t17-,18+,20-. The third-order valence-electron chi connectivity index (χ3n) is 8.62. The van der Waals surface area contributed by atoms with Crippen LogP contribution >= 0.6 is 0 Å². The van der Waals surface area contributed by atoms with E-state index in [0.717, 1.165) is 49.7 Å². The highest BCUT2D eigenvalue weighted by atomic mass is 19.4. The highest BCUT2D eigenvalue weighted by molar-refractivity contribution is 6.02. The van der Waals surface area contributed by atoms with Crippen molar-refractivity contribution >= 4 is 22.6 Å². The maximum Gasteiger partial charge on any atom is 0.573 e. The first-order chi connectivity index (χ1) is 20.2. The van der Waals surface area contributed by atoms with Crippen LogP contribution in [-0.2, 0) is 18.4 Å². The lowest BCUT2D eigenvalue weighted by Crippen LogP contribution is -2.45. The molecule has 0 radical (unpaired) electrons. The molecule has 9 nitrogen and oxygen atoms in total. The van der Waals surface area contributed by atoms with Crippen LogP contribution in [0.5, 0.6) is 5.75 Å². The van der Waals surface area contributed by atoms with Gasteiger partial charge in [-0.25, -0.2) is 4.79 Å². The monoisotopic (exact) mass is 582 g/mol. The van der Waals surface area contributed by atoms with E-state index in [2.05, 4.69) is 19.9 Å². The fourth-order valence-electron chi connectivity index (χ4n) is 6.67. The number of carbonyl (C=O) groups is 1. The number of benzene rings is 2. The zero-order valence-corrected chi connectivity index (χ0v) is 22.8. The molecule has 2 aliphatic heterocycles. The lowest BCUT2D eigenvalue weighted by molar-refractivity contribution is -0.274. The Labute approximate surface area is 238 Å². The number of carboxylic acid groups (broad SMARTS) is 1. The molecule has 0 amide bonds. The number of hydrogen-bond donors (Lipinski definition) is 1. The summed E-state index contributed by atoms with van der Waals surface area (Å²) >= 11 is 0. The molecule has 0 unspecified atom stereocenters. The van der Waals surface area contributed by atoms with Crippen molar-refractivity contribution in [2.24, 2.45) is 7.05 Å². The molecular formula is C30H29F3N4O5. The Hall–Kier alpha value is -4.06. The van der Waals surface area contributed by atoms with Crippen LogP contribution in [0.15, 0.2) is 47.0 Å². The maximum atomic E-state index is 13.1. The number of carboxylic acids is 1. The molecule has 2 aromatic carbocycles. The summed E-state index contributed by atoms with van der Waals surface area (Å²) in [5, 5.41) is 18.4. The number of fused-ring (bicyclic) bond motifs is 3. The van der Waals surface area contributed by atoms with Gasteiger partial charge < -0.3 is 24.0 Å². The van der Waals surface area contributed by atoms with E-state index in [1.807, 2.05) is 18.2 Å². The molecule has 2 bridgehead atoms. The number of ether oxygens (including phenoxy) is 2. The van der Waals surface area contributed by atoms with Crippen LogP contribution in [-0.4, -0.2) is 50.6 Å². The molecule has 1 saturated carbocycles. The molecule has 4 aromatic rings. The predicted molar refractivity (Wildman–Crippen MR) is 145 cm³/mol. The number of anilines is 1. The third-order valence-corrected chi connectivity index (χ3v) is 8.62. The average Bonchev–Trinajstić information content (AvgIpc) is 3.54. The SMILES string of the molecule is Cn1nc(C(=O)O)c2ccc(N3[C@@H]4CC[C@H]3C[C@H](OCc3c(-c5ccccc5OC(F)(F)F)noc3C3CC3)C4)cc21. The molecule has 3 aliphatic rings. The summed E-state index contributed by atoms with van der Waals surface area (Å²) in [6.07, 6.45) is 0.656. The number of aromatic nitrogens is 3. The predicted octanol–water partition coefficient (Wildman–Crippen LogP) is 6.42. The highest BCUT2D eigenvalue weighted by Gasteiger charge is 2.42. The van der Waals surface area contributed by atoms with Gasteiger partial charge in [0.25, 0.3) is 0 Å². The van der Waals surface area contributed by atoms with Crippen LogP contribution < -0.4 is 9.64 Å². The molecule has 7 rings (SSSR count). The Morgan fingerprint density at radius 2 is 1.83 bits per heavy atom. The van der Waals surface area contributed by atoms with E-state index in [0.29, 0.717) is 22.4 Å². The van der Waals surface area contributed by atoms with Gasteiger partial charge >= 0.3 is 12.3 Å². The first-order valence-electron chi connectivity index (χ1n) is 14.1. The number of aromatic carboxylic acids is 1. The van der Waals surface area contributed by atoms with Gasteiger partial charge in [0.2, 0.25) is 0 Å². The Morgan fingerprint density at radius 3 is 2.52 bits per heavy atom. The van der Waals surface area contributed by atoms with Crippen molar-refractivity contribution < 1.29 is 37.1 Å². The fourth-order valence-corrected chi connectivity index (χ4v) is 6.67. The van der Waals surface area contributed by atoms with Gasteiger partial charge in [-0.3, -0.25) is 4.68 Å². The lowest BCUT2D eigenvalue weighted by atomic mass is 9.98. The summed E-state index contributed by atoms with van der Waals surface area (Å²) in [6.45, 7) is 0.189. The quantitative estimate of drug-likeness (QED) is 0.254. The molecule has 3 fully saturated rings. The van der Waals surface area contributed by atoms with Gasteiger partial charge in [0.05, 0.1) is 18.2 Å². The molecule has 42 heavy (non-hydrogen) atoms. The van der Waals surface area contributed by atoms with E-state index >= 15 is 0 Å². The Bertz CT molecular complexity index is 1650. The van der Waals surface area contributed by atoms with Crippen LogP contribution in [0, 0.1) is 0 Å². The van der Waals surface area contributed by atoms with Crippen molar-refractivity contribution in [1.82, 2.24) is 14.9 Å². The van der Waals surface area contributed by atoms with Crippen LogP contribution in [0.3, 0.4) is 0 Å². The molecule has 1 N–H and O–H groups in total. The summed E-state index contributed by atoms with van der Waals surface area (Å²) in [7, 11) is 1.75. The number of nitrogens with zero attached hydrogens (tertiary/aromatic N) is 4. The third kappa shape index (κ3) is 4.87. The summed E-state index contributed by atoms with van der Waals surface area (Å²) in [4.78, 5) is 14.0. The van der Waals surface area contributed by atoms with E-state index in [9.17, 15) is 23.1 Å². The average molecular weight is 583 g/mol. The summed E-state index contributed by atoms with van der Waals surface area (Å²) < 4.78 is 57.4. The first kappa shape index (κ1) is 26.8. The molecule has 1 aliphatic carbocycles.